The van der Waals surface area contributed by atoms with Crippen molar-refractivity contribution in [3.63, 3.8) is 0 Å². The van der Waals surface area contributed by atoms with Crippen molar-refractivity contribution in [2.45, 2.75) is 33.2 Å². The van der Waals surface area contributed by atoms with Crippen molar-refractivity contribution in [3.8, 4) is 0 Å². The lowest BCUT2D eigenvalue weighted by molar-refractivity contribution is 0.318. The molecule has 15 heavy (non-hydrogen) atoms. The first-order chi connectivity index (χ1) is 6.80. The number of nitrogens with two attached hydrogens (primary N) is 1. The molecule has 1 unspecified atom stereocenters. The number of rotatable bonds is 2. The fourth-order valence-electron chi connectivity index (χ4n) is 1.23. The second-order valence-corrected chi connectivity index (χ2v) is 5.32. The average Bonchev–Trinajstić information content (AvgIpc) is 2.08. The van der Waals surface area contributed by atoms with Gasteiger partial charge in [-0.25, -0.2) is 4.39 Å². The largest absolute Gasteiger partial charge is 0.327 e. The van der Waals surface area contributed by atoms with Crippen LogP contribution in [0.25, 0.3) is 0 Å². The van der Waals surface area contributed by atoms with Gasteiger partial charge >= 0.3 is 0 Å². The monoisotopic (exact) mass is 229 g/mol. The van der Waals surface area contributed by atoms with Crippen molar-refractivity contribution in [2.75, 3.05) is 0 Å². The first-order valence-electron chi connectivity index (χ1n) is 5.00. The van der Waals surface area contributed by atoms with E-state index in [-0.39, 0.29) is 17.3 Å². The van der Waals surface area contributed by atoms with Gasteiger partial charge in [0.15, 0.2) is 0 Å². The molecule has 0 aromatic heterocycles. The molecule has 0 aliphatic rings. The zero-order chi connectivity index (χ0) is 11.6. The fourth-order valence-corrected chi connectivity index (χ4v) is 1.47. The smallest absolute Gasteiger partial charge is 0.124 e. The first-order valence-corrected chi connectivity index (χ1v) is 5.38. The van der Waals surface area contributed by atoms with Crippen molar-refractivity contribution < 1.29 is 4.39 Å². The molecule has 0 bridgehead atoms. The lowest BCUT2D eigenvalue weighted by atomic mass is 9.84. The Kier molecular flexibility index (Phi) is 3.74. The fraction of sp³-hybridized carbons (Fsp3) is 0.500. The normalized spacial score (nSPS) is 14.0. The molecule has 1 atom stereocenters. The third-order valence-electron chi connectivity index (χ3n) is 2.57. The zero-order valence-electron chi connectivity index (χ0n) is 9.35. The van der Waals surface area contributed by atoms with Crippen LogP contribution in [-0.4, -0.2) is 6.04 Å². The summed E-state index contributed by atoms with van der Waals surface area (Å²) in [4.78, 5) is 0. The molecule has 3 heteroatoms. The highest BCUT2D eigenvalue weighted by Crippen LogP contribution is 2.24. The van der Waals surface area contributed by atoms with Gasteiger partial charge in [0.05, 0.1) is 0 Å². The van der Waals surface area contributed by atoms with Gasteiger partial charge in [-0.15, -0.1) is 0 Å². The predicted molar refractivity (Wildman–Crippen MR) is 62.5 cm³/mol. The molecular formula is C12H17ClFN. The van der Waals surface area contributed by atoms with Gasteiger partial charge in [-0.3, -0.25) is 0 Å². The maximum atomic E-state index is 12.8. The maximum absolute atomic E-state index is 12.8. The molecule has 0 aliphatic heterocycles. The van der Waals surface area contributed by atoms with Crippen LogP contribution in [0, 0.1) is 11.2 Å². The Bertz CT molecular complexity index is 344. The van der Waals surface area contributed by atoms with Crippen molar-refractivity contribution in [3.05, 3.63) is 34.6 Å². The molecule has 1 aromatic carbocycles. The molecule has 0 aliphatic carbocycles. The molecule has 1 aromatic rings. The highest BCUT2D eigenvalue weighted by Gasteiger charge is 2.21. The van der Waals surface area contributed by atoms with E-state index in [4.69, 9.17) is 17.3 Å². The summed E-state index contributed by atoms with van der Waals surface area (Å²) in [6.45, 7) is 6.24. The number of halogens is 2. The van der Waals surface area contributed by atoms with E-state index in [0.717, 1.165) is 5.56 Å². The van der Waals surface area contributed by atoms with E-state index in [9.17, 15) is 4.39 Å². The Morgan fingerprint density at radius 2 is 2.00 bits per heavy atom. The highest BCUT2D eigenvalue weighted by molar-refractivity contribution is 6.31. The van der Waals surface area contributed by atoms with Gasteiger partial charge in [0, 0.05) is 11.1 Å². The molecule has 0 saturated heterocycles. The van der Waals surface area contributed by atoms with E-state index in [1.165, 1.54) is 12.1 Å². The first kappa shape index (κ1) is 12.5. The summed E-state index contributed by atoms with van der Waals surface area (Å²) in [5, 5.41) is 0.453. The summed E-state index contributed by atoms with van der Waals surface area (Å²) >= 11 is 5.93. The Hall–Kier alpha value is -0.600. The van der Waals surface area contributed by atoms with E-state index in [0.29, 0.717) is 11.4 Å². The topological polar surface area (TPSA) is 26.0 Å². The Labute approximate surface area is 95.4 Å². The molecule has 0 fully saturated rings. The number of hydrogen-bond donors (Lipinski definition) is 1. The van der Waals surface area contributed by atoms with Crippen LogP contribution >= 0.6 is 11.6 Å². The van der Waals surface area contributed by atoms with Crippen LogP contribution in [0.3, 0.4) is 0 Å². The standard InChI is InChI=1S/C12H17ClFN/c1-12(2,3)11(15)6-8-4-5-9(14)7-10(8)13/h4-5,7,11H,6,15H2,1-3H3. The van der Waals surface area contributed by atoms with E-state index < -0.39 is 0 Å². The van der Waals surface area contributed by atoms with E-state index in [1.54, 1.807) is 6.07 Å². The molecule has 0 radical (unpaired) electrons. The van der Waals surface area contributed by atoms with Gasteiger partial charge in [-0.05, 0) is 29.5 Å². The summed E-state index contributed by atoms with van der Waals surface area (Å²) < 4.78 is 12.8. The minimum absolute atomic E-state index is 0.0143. The van der Waals surface area contributed by atoms with Crippen LogP contribution in [0.2, 0.25) is 5.02 Å². The molecule has 0 spiro atoms. The third-order valence-corrected chi connectivity index (χ3v) is 2.92. The highest BCUT2D eigenvalue weighted by atomic mass is 35.5. The van der Waals surface area contributed by atoms with Gasteiger partial charge < -0.3 is 5.73 Å². The number of benzene rings is 1. The SMILES string of the molecule is CC(C)(C)C(N)Cc1ccc(F)cc1Cl. The lowest BCUT2D eigenvalue weighted by Gasteiger charge is -2.27. The molecule has 0 saturated carbocycles. The average molecular weight is 230 g/mol. The summed E-state index contributed by atoms with van der Waals surface area (Å²) in [6.07, 6.45) is 0.669. The van der Waals surface area contributed by atoms with E-state index in [2.05, 4.69) is 20.8 Å². The Morgan fingerprint density at radius 1 is 1.40 bits per heavy atom. The Balaban J connectivity index is 2.82. The maximum Gasteiger partial charge on any atom is 0.124 e. The van der Waals surface area contributed by atoms with Crippen LogP contribution < -0.4 is 5.73 Å². The van der Waals surface area contributed by atoms with E-state index in [1.807, 2.05) is 0 Å². The molecule has 84 valence electrons. The van der Waals surface area contributed by atoms with Gasteiger partial charge in [0.25, 0.3) is 0 Å². The van der Waals surface area contributed by atoms with Crippen LogP contribution in [-0.2, 0) is 6.42 Å². The predicted octanol–water partition coefficient (Wildman–Crippen LogP) is 3.40. The third kappa shape index (κ3) is 3.47. The molecule has 2 N–H and O–H groups in total. The van der Waals surface area contributed by atoms with E-state index >= 15 is 0 Å². The van der Waals surface area contributed by atoms with Crippen LogP contribution in [0.4, 0.5) is 4.39 Å². The minimum atomic E-state index is -0.312. The zero-order valence-corrected chi connectivity index (χ0v) is 10.1. The van der Waals surface area contributed by atoms with Crippen molar-refractivity contribution in [2.24, 2.45) is 11.1 Å². The van der Waals surface area contributed by atoms with Gasteiger partial charge in [-0.1, -0.05) is 38.4 Å². The van der Waals surface area contributed by atoms with Gasteiger partial charge in [-0.2, -0.15) is 0 Å². The van der Waals surface area contributed by atoms with Crippen molar-refractivity contribution >= 4 is 11.6 Å². The van der Waals surface area contributed by atoms with Crippen molar-refractivity contribution in [1.29, 1.82) is 0 Å². The summed E-state index contributed by atoms with van der Waals surface area (Å²) in [5.41, 5.74) is 6.97. The molecule has 1 rings (SSSR count). The Morgan fingerprint density at radius 3 is 2.47 bits per heavy atom. The van der Waals surface area contributed by atoms with Crippen LogP contribution in [0.1, 0.15) is 26.3 Å². The quantitative estimate of drug-likeness (QED) is 0.827. The second-order valence-electron chi connectivity index (χ2n) is 4.91. The molecule has 1 nitrogen and oxygen atoms in total. The van der Waals surface area contributed by atoms with Crippen molar-refractivity contribution in [1.82, 2.24) is 0 Å². The summed E-state index contributed by atoms with van der Waals surface area (Å²) in [6, 6.07) is 4.45. The number of hydrogen-bond acceptors (Lipinski definition) is 1. The summed E-state index contributed by atoms with van der Waals surface area (Å²) in [5.74, 6) is -0.312. The van der Waals surface area contributed by atoms with Gasteiger partial charge in [0.1, 0.15) is 5.82 Å². The lowest BCUT2D eigenvalue weighted by Crippen LogP contribution is -2.36. The minimum Gasteiger partial charge on any atom is -0.327 e. The van der Waals surface area contributed by atoms with Gasteiger partial charge in [0.2, 0.25) is 0 Å². The van der Waals surface area contributed by atoms with Crippen LogP contribution in [0.5, 0.6) is 0 Å². The van der Waals surface area contributed by atoms with Crippen LogP contribution in [0.15, 0.2) is 18.2 Å². The molecule has 0 amide bonds. The molecular weight excluding hydrogens is 213 g/mol. The second kappa shape index (κ2) is 4.50. The molecule has 0 heterocycles. The summed E-state index contributed by atoms with van der Waals surface area (Å²) in [7, 11) is 0.